The quantitative estimate of drug-likeness (QED) is 0.426. The van der Waals surface area contributed by atoms with Crippen LogP contribution in [0.25, 0.3) is 33.7 Å². The van der Waals surface area contributed by atoms with E-state index in [1.165, 1.54) is 0 Å². The molecule has 1 N–H and O–H groups in total. The largest absolute Gasteiger partial charge is 0.478 e. The summed E-state index contributed by atoms with van der Waals surface area (Å²) >= 11 is 3.52. The molecule has 0 unspecified atom stereocenters. The van der Waals surface area contributed by atoms with Gasteiger partial charge in [-0.3, -0.25) is 0 Å². The van der Waals surface area contributed by atoms with Crippen LogP contribution in [0.3, 0.4) is 0 Å². The Morgan fingerprint density at radius 1 is 1.07 bits per heavy atom. The number of aryl methyl sites for hydroxylation is 1. The van der Waals surface area contributed by atoms with Crippen molar-refractivity contribution in [2.24, 2.45) is 0 Å². The van der Waals surface area contributed by atoms with Gasteiger partial charge < -0.3 is 9.52 Å². The van der Waals surface area contributed by atoms with Crippen LogP contribution in [0.5, 0.6) is 0 Å². The van der Waals surface area contributed by atoms with Crippen molar-refractivity contribution in [2.75, 3.05) is 0 Å². The Morgan fingerprint density at radius 2 is 1.85 bits per heavy atom. The first-order chi connectivity index (χ1) is 13.1. The molecule has 0 bridgehead atoms. The third-order valence-corrected chi connectivity index (χ3v) is 5.20. The molecule has 0 fully saturated rings. The number of benzene rings is 2. The summed E-state index contributed by atoms with van der Waals surface area (Å²) in [7, 11) is 0. The maximum absolute atomic E-state index is 11.8. The number of halogens is 1. The molecule has 4 nitrogen and oxygen atoms in total. The van der Waals surface area contributed by atoms with Crippen LogP contribution in [-0.2, 0) is 6.42 Å². The summed E-state index contributed by atoms with van der Waals surface area (Å²) in [5, 5.41) is 10.3. The number of nitrogens with zero attached hydrogens (tertiary/aromatic N) is 1. The minimum absolute atomic E-state index is 0.226. The van der Waals surface area contributed by atoms with Crippen LogP contribution in [-0.4, -0.2) is 16.1 Å². The van der Waals surface area contributed by atoms with E-state index in [9.17, 15) is 9.90 Å². The van der Waals surface area contributed by atoms with Crippen molar-refractivity contribution in [3.63, 3.8) is 0 Å². The van der Waals surface area contributed by atoms with Gasteiger partial charge in [0.2, 0.25) is 0 Å². The Labute approximate surface area is 164 Å². The molecule has 0 amide bonds. The minimum atomic E-state index is -0.977. The molecule has 4 aromatic rings. The molecule has 0 atom stereocenters. The van der Waals surface area contributed by atoms with E-state index in [1.807, 2.05) is 61.5 Å². The minimum Gasteiger partial charge on any atom is -0.478 e. The van der Waals surface area contributed by atoms with E-state index in [1.54, 1.807) is 6.07 Å². The third-order valence-electron chi connectivity index (χ3n) is 4.51. The van der Waals surface area contributed by atoms with Crippen LogP contribution >= 0.6 is 15.9 Å². The van der Waals surface area contributed by atoms with Gasteiger partial charge in [0, 0.05) is 15.4 Å². The molecule has 27 heavy (non-hydrogen) atoms. The predicted molar refractivity (Wildman–Crippen MR) is 109 cm³/mol. The van der Waals surface area contributed by atoms with E-state index in [0.29, 0.717) is 28.1 Å². The van der Waals surface area contributed by atoms with E-state index in [4.69, 9.17) is 4.42 Å². The lowest BCUT2D eigenvalue weighted by molar-refractivity contribution is 0.0699. The van der Waals surface area contributed by atoms with Crippen LogP contribution < -0.4 is 0 Å². The van der Waals surface area contributed by atoms with Gasteiger partial charge >= 0.3 is 5.97 Å². The van der Waals surface area contributed by atoms with E-state index in [-0.39, 0.29) is 5.56 Å². The van der Waals surface area contributed by atoms with Crippen molar-refractivity contribution in [1.29, 1.82) is 0 Å². The lowest BCUT2D eigenvalue weighted by Crippen LogP contribution is -2.00. The molecule has 2 heterocycles. The summed E-state index contributed by atoms with van der Waals surface area (Å²) < 4.78 is 6.91. The van der Waals surface area contributed by atoms with Crippen LogP contribution in [0.4, 0.5) is 0 Å². The summed E-state index contributed by atoms with van der Waals surface area (Å²) in [6, 6.07) is 18.8. The number of hydrogen-bond acceptors (Lipinski definition) is 3. The molecule has 0 spiro atoms. The second-order valence-electron chi connectivity index (χ2n) is 6.21. The SMILES string of the molecule is CCc1ccc2nc(-c3ccc(-c4ccccc4Br)o3)cc(C(=O)O)c2c1. The Bertz CT molecular complexity index is 1160. The van der Waals surface area contributed by atoms with E-state index in [2.05, 4.69) is 20.9 Å². The van der Waals surface area contributed by atoms with Crippen molar-refractivity contribution >= 4 is 32.8 Å². The molecule has 0 aliphatic rings. The average Bonchev–Trinajstić information content (AvgIpc) is 3.16. The number of carbonyl (C=O) groups is 1. The fraction of sp³-hybridized carbons (Fsp3) is 0.0909. The molecular weight excluding hydrogens is 406 g/mol. The number of pyridine rings is 1. The van der Waals surface area contributed by atoms with Crippen LogP contribution in [0, 0.1) is 0 Å². The first-order valence-corrected chi connectivity index (χ1v) is 9.38. The number of aromatic nitrogens is 1. The molecule has 134 valence electrons. The van der Waals surface area contributed by atoms with Gasteiger partial charge in [-0.15, -0.1) is 0 Å². The number of fused-ring (bicyclic) bond motifs is 1. The number of carboxylic acid groups (broad SMARTS) is 1. The molecule has 2 aromatic heterocycles. The highest BCUT2D eigenvalue weighted by Gasteiger charge is 2.16. The zero-order chi connectivity index (χ0) is 19.0. The normalized spacial score (nSPS) is 11.0. The highest BCUT2D eigenvalue weighted by Crippen LogP contribution is 2.33. The lowest BCUT2D eigenvalue weighted by atomic mass is 10.0. The maximum Gasteiger partial charge on any atom is 0.336 e. The molecular formula is C22H16BrNO3. The highest BCUT2D eigenvalue weighted by molar-refractivity contribution is 9.10. The molecule has 5 heteroatoms. The van der Waals surface area contributed by atoms with Crippen molar-refractivity contribution < 1.29 is 14.3 Å². The first kappa shape index (κ1) is 17.5. The standard InChI is InChI=1S/C22H16BrNO3/c1-2-13-7-8-18-15(11-13)16(22(25)26)12-19(24-18)21-10-9-20(27-21)14-5-3-4-6-17(14)23/h3-12H,2H2,1H3,(H,25,26). The molecule has 0 aliphatic carbocycles. The number of hydrogen-bond donors (Lipinski definition) is 1. The van der Waals surface area contributed by atoms with Gasteiger partial charge in [-0.05, 0) is 48.4 Å². The van der Waals surface area contributed by atoms with E-state index < -0.39 is 5.97 Å². The predicted octanol–water partition coefficient (Wildman–Crippen LogP) is 6.18. The fourth-order valence-electron chi connectivity index (χ4n) is 3.08. The first-order valence-electron chi connectivity index (χ1n) is 8.59. The van der Waals surface area contributed by atoms with Crippen molar-refractivity contribution in [3.05, 3.63) is 76.3 Å². The van der Waals surface area contributed by atoms with Crippen LogP contribution in [0.1, 0.15) is 22.8 Å². The van der Waals surface area contributed by atoms with Crippen molar-refractivity contribution in [2.45, 2.75) is 13.3 Å². The Morgan fingerprint density at radius 3 is 2.59 bits per heavy atom. The smallest absolute Gasteiger partial charge is 0.336 e. The summed E-state index contributed by atoms with van der Waals surface area (Å²) in [5.41, 5.74) is 3.37. The van der Waals surface area contributed by atoms with Crippen LogP contribution in [0.15, 0.2) is 69.6 Å². The zero-order valence-electron chi connectivity index (χ0n) is 14.6. The zero-order valence-corrected chi connectivity index (χ0v) is 16.2. The van der Waals surface area contributed by atoms with Gasteiger partial charge in [0.15, 0.2) is 5.76 Å². The number of furan rings is 1. The Kier molecular flexibility index (Phi) is 4.54. The number of rotatable bonds is 4. The third kappa shape index (κ3) is 3.26. The van der Waals surface area contributed by atoms with Gasteiger partial charge in [0.1, 0.15) is 11.5 Å². The molecule has 0 aliphatic heterocycles. The van der Waals surface area contributed by atoms with Gasteiger partial charge in [-0.25, -0.2) is 9.78 Å². The highest BCUT2D eigenvalue weighted by atomic mass is 79.9. The van der Waals surface area contributed by atoms with Gasteiger partial charge in [0.25, 0.3) is 0 Å². The number of carboxylic acids is 1. The Balaban J connectivity index is 1.85. The molecule has 0 saturated heterocycles. The average molecular weight is 422 g/mol. The molecule has 0 saturated carbocycles. The molecule has 2 aromatic carbocycles. The second kappa shape index (κ2) is 7.00. The van der Waals surface area contributed by atoms with Crippen molar-refractivity contribution in [3.8, 4) is 22.8 Å². The van der Waals surface area contributed by atoms with Crippen LogP contribution in [0.2, 0.25) is 0 Å². The second-order valence-corrected chi connectivity index (χ2v) is 7.06. The summed E-state index contributed by atoms with van der Waals surface area (Å²) in [4.78, 5) is 16.4. The topological polar surface area (TPSA) is 63.3 Å². The van der Waals surface area contributed by atoms with Gasteiger partial charge in [-0.2, -0.15) is 0 Å². The maximum atomic E-state index is 11.8. The summed E-state index contributed by atoms with van der Waals surface area (Å²) in [6.45, 7) is 2.04. The molecule has 4 rings (SSSR count). The van der Waals surface area contributed by atoms with E-state index >= 15 is 0 Å². The van der Waals surface area contributed by atoms with Gasteiger partial charge in [-0.1, -0.05) is 47.1 Å². The van der Waals surface area contributed by atoms with Crippen molar-refractivity contribution in [1.82, 2.24) is 4.98 Å². The Hall–Kier alpha value is -2.92. The lowest BCUT2D eigenvalue weighted by Gasteiger charge is -2.07. The fourth-order valence-corrected chi connectivity index (χ4v) is 3.56. The summed E-state index contributed by atoms with van der Waals surface area (Å²) in [6.07, 6.45) is 0.838. The molecule has 0 radical (unpaired) electrons. The number of aromatic carboxylic acids is 1. The van der Waals surface area contributed by atoms with E-state index in [0.717, 1.165) is 22.0 Å². The van der Waals surface area contributed by atoms with Gasteiger partial charge in [0.05, 0.1) is 11.1 Å². The summed E-state index contributed by atoms with van der Waals surface area (Å²) in [5.74, 6) is 0.247. The monoisotopic (exact) mass is 421 g/mol.